The molecular formula is C36H32OSi. The maximum Gasteiger partial charge on any atom is 0.119 e. The summed E-state index contributed by atoms with van der Waals surface area (Å²) in [6.07, 6.45) is 1.86. The second-order valence-electron chi connectivity index (χ2n) is 10.4. The largest absolute Gasteiger partial charge is 0.489 e. The van der Waals surface area contributed by atoms with Gasteiger partial charge < -0.3 is 4.74 Å². The molecule has 186 valence electrons. The van der Waals surface area contributed by atoms with Crippen LogP contribution in [0.3, 0.4) is 0 Å². The Balaban J connectivity index is 1.49. The molecular weight excluding hydrogens is 476 g/mol. The first kappa shape index (κ1) is 24.2. The van der Waals surface area contributed by atoms with Crippen molar-refractivity contribution < 1.29 is 4.74 Å². The first-order chi connectivity index (χ1) is 18.5. The highest BCUT2D eigenvalue weighted by Gasteiger charge is 2.46. The summed E-state index contributed by atoms with van der Waals surface area (Å²) < 4.78 is 6.20. The van der Waals surface area contributed by atoms with Crippen molar-refractivity contribution in [1.82, 2.24) is 0 Å². The Hall–Kier alpha value is -4.14. The predicted molar refractivity (Wildman–Crippen MR) is 164 cm³/mol. The molecule has 1 aliphatic carbocycles. The van der Waals surface area contributed by atoms with Crippen molar-refractivity contribution >= 4 is 21.5 Å². The monoisotopic (exact) mass is 508 g/mol. The van der Waals surface area contributed by atoms with E-state index in [-0.39, 0.29) is 5.41 Å². The maximum absolute atomic E-state index is 6.20. The molecule has 5 aromatic rings. The van der Waals surface area contributed by atoms with Crippen LogP contribution in [0.1, 0.15) is 44.5 Å². The zero-order chi connectivity index (χ0) is 26.3. The smallest absolute Gasteiger partial charge is 0.119 e. The highest BCUT2D eigenvalue weighted by molar-refractivity contribution is 6.32. The van der Waals surface area contributed by atoms with Crippen LogP contribution in [0, 0.1) is 13.8 Å². The lowest BCUT2D eigenvalue weighted by Crippen LogP contribution is -2.30. The molecule has 0 fully saturated rings. The van der Waals surface area contributed by atoms with E-state index in [0.717, 1.165) is 27.1 Å². The van der Waals surface area contributed by atoms with Gasteiger partial charge in [0.25, 0.3) is 0 Å². The molecule has 0 heterocycles. The fraction of sp³-hybridized carbons (Fsp3) is 0.111. The number of rotatable bonds is 6. The van der Waals surface area contributed by atoms with Gasteiger partial charge in [0.1, 0.15) is 12.4 Å². The number of hydrogen-bond donors (Lipinski definition) is 0. The van der Waals surface area contributed by atoms with Crippen LogP contribution in [0.2, 0.25) is 0 Å². The number of fused-ring (bicyclic) bond motifs is 3. The SMILES string of the molecule is C=Cc1ccc(COc2ccc(C3(c4cc(C)ccc4C)c4ccccc4-c4ccc([SiH3])cc43)cc2)cc1. The molecule has 5 aromatic carbocycles. The predicted octanol–water partition coefficient (Wildman–Crippen LogP) is 6.88. The lowest BCUT2D eigenvalue weighted by Gasteiger charge is -2.35. The fourth-order valence-electron chi connectivity index (χ4n) is 6.01. The van der Waals surface area contributed by atoms with E-state index in [9.17, 15) is 0 Å². The topological polar surface area (TPSA) is 9.23 Å². The second kappa shape index (κ2) is 9.63. The highest BCUT2D eigenvalue weighted by atomic mass is 28.1. The molecule has 0 aromatic heterocycles. The van der Waals surface area contributed by atoms with E-state index >= 15 is 0 Å². The van der Waals surface area contributed by atoms with Gasteiger partial charge in [-0.1, -0.05) is 120 Å². The zero-order valence-corrected chi connectivity index (χ0v) is 24.3. The van der Waals surface area contributed by atoms with E-state index in [4.69, 9.17) is 4.74 Å². The van der Waals surface area contributed by atoms with Gasteiger partial charge in [0.05, 0.1) is 5.41 Å². The number of hydrogen-bond acceptors (Lipinski definition) is 1. The molecule has 1 aliphatic rings. The molecule has 0 saturated heterocycles. The van der Waals surface area contributed by atoms with Crippen LogP contribution >= 0.6 is 0 Å². The molecule has 38 heavy (non-hydrogen) atoms. The van der Waals surface area contributed by atoms with E-state index in [1.807, 2.05) is 6.08 Å². The first-order valence-corrected chi connectivity index (χ1v) is 14.2. The van der Waals surface area contributed by atoms with Crippen LogP contribution in [-0.2, 0) is 12.0 Å². The highest BCUT2D eigenvalue weighted by Crippen LogP contribution is 2.56. The Labute approximate surface area is 228 Å². The lowest BCUT2D eigenvalue weighted by molar-refractivity contribution is 0.306. The van der Waals surface area contributed by atoms with E-state index in [0.29, 0.717) is 6.61 Å². The van der Waals surface area contributed by atoms with Crippen molar-refractivity contribution in [3.05, 3.63) is 160 Å². The number of aryl methyl sites for hydroxylation is 2. The standard InChI is InChI=1S/C36H32OSi/c1-4-26-11-13-27(14-12-26)23-37-29-17-15-28(16-18-29)36(34-21-24(2)9-10-25(34)3)33-8-6-5-7-31(33)32-20-19-30(38)22-35(32)36/h4-22H,1,23H2,2-3,38H3. The normalized spacial score (nSPS) is 15.6. The third-order valence-electron chi connectivity index (χ3n) is 7.91. The van der Waals surface area contributed by atoms with Gasteiger partial charge in [0.2, 0.25) is 0 Å². The van der Waals surface area contributed by atoms with Gasteiger partial charge >= 0.3 is 0 Å². The molecule has 0 N–H and O–H groups in total. The van der Waals surface area contributed by atoms with E-state index < -0.39 is 0 Å². The van der Waals surface area contributed by atoms with Gasteiger partial charge in [-0.05, 0) is 76.1 Å². The Kier molecular flexibility index (Phi) is 6.13. The van der Waals surface area contributed by atoms with E-state index in [1.54, 1.807) is 0 Å². The summed E-state index contributed by atoms with van der Waals surface area (Å²) in [6.45, 7) is 8.81. The van der Waals surface area contributed by atoms with Crippen molar-refractivity contribution in [2.24, 2.45) is 0 Å². The van der Waals surface area contributed by atoms with Crippen molar-refractivity contribution in [2.75, 3.05) is 0 Å². The zero-order valence-electron chi connectivity index (χ0n) is 22.3. The van der Waals surface area contributed by atoms with Gasteiger partial charge in [-0.3, -0.25) is 0 Å². The van der Waals surface area contributed by atoms with Crippen LogP contribution in [-0.4, -0.2) is 10.2 Å². The summed E-state index contributed by atoms with van der Waals surface area (Å²) in [4.78, 5) is 0. The molecule has 0 saturated carbocycles. The Bertz CT molecular complexity index is 1650. The van der Waals surface area contributed by atoms with Gasteiger partial charge in [0, 0.05) is 10.2 Å². The third kappa shape index (κ3) is 3.93. The maximum atomic E-state index is 6.20. The molecule has 0 spiro atoms. The van der Waals surface area contributed by atoms with Crippen LogP contribution in [0.4, 0.5) is 0 Å². The van der Waals surface area contributed by atoms with Crippen LogP contribution in [0.5, 0.6) is 5.75 Å². The van der Waals surface area contributed by atoms with Crippen molar-refractivity contribution in [3.63, 3.8) is 0 Å². The second-order valence-corrected chi connectivity index (χ2v) is 11.6. The Morgan fingerprint density at radius 2 is 1.47 bits per heavy atom. The van der Waals surface area contributed by atoms with Gasteiger partial charge in [-0.15, -0.1) is 0 Å². The summed E-state index contributed by atoms with van der Waals surface area (Å²) >= 11 is 0. The summed E-state index contributed by atoms with van der Waals surface area (Å²) in [5.41, 5.74) is 12.5. The van der Waals surface area contributed by atoms with E-state index in [1.165, 1.54) is 49.7 Å². The molecule has 0 aliphatic heterocycles. The minimum Gasteiger partial charge on any atom is -0.489 e. The average molecular weight is 509 g/mol. The summed E-state index contributed by atoms with van der Waals surface area (Å²) in [5.74, 6) is 0.876. The molecule has 1 unspecified atom stereocenters. The summed E-state index contributed by atoms with van der Waals surface area (Å²) in [6, 6.07) is 40.0. The van der Waals surface area contributed by atoms with Crippen molar-refractivity contribution in [2.45, 2.75) is 25.9 Å². The summed E-state index contributed by atoms with van der Waals surface area (Å²) in [5, 5.41) is 1.41. The molecule has 1 nitrogen and oxygen atoms in total. The minimum atomic E-state index is -0.374. The van der Waals surface area contributed by atoms with Crippen molar-refractivity contribution in [1.29, 1.82) is 0 Å². The average Bonchev–Trinajstić information content (AvgIpc) is 3.24. The fourth-order valence-corrected chi connectivity index (χ4v) is 6.46. The molecule has 0 bridgehead atoms. The summed E-state index contributed by atoms with van der Waals surface area (Å²) in [7, 11) is 1.01. The van der Waals surface area contributed by atoms with Gasteiger partial charge in [0.15, 0.2) is 0 Å². The molecule has 0 amide bonds. The van der Waals surface area contributed by atoms with Crippen LogP contribution < -0.4 is 9.92 Å². The third-order valence-corrected chi connectivity index (χ3v) is 8.53. The molecule has 1 atom stereocenters. The Morgan fingerprint density at radius 1 is 0.737 bits per heavy atom. The van der Waals surface area contributed by atoms with E-state index in [2.05, 4.69) is 130 Å². The molecule has 2 heteroatoms. The minimum absolute atomic E-state index is 0.374. The van der Waals surface area contributed by atoms with Crippen molar-refractivity contribution in [3.8, 4) is 16.9 Å². The number of benzene rings is 5. The number of ether oxygens (including phenoxy) is 1. The van der Waals surface area contributed by atoms with Gasteiger partial charge in [-0.25, -0.2) is 0 Å². The quantitative estimate of drug-likeness (QED) is 0.223. The van der Waals surface area contributed by atoms with Crippen LogP contribution in [0.15, 0.2) is 116 Å². The molecule has 6 rings (SSSR count). The van der Waals surface area contributed by atoms with Gasteiger partial charge in [-0.2, -0.15) is 0 Å². The Morgan fingerprint density at radius 3 is 2.24 bits per heavy atom. The van der Waals surface area contributed by atoms with Crippen LogP contribution in [0.25, 0.3) is 17.2 Å². The lowest BCUT2D eigenvalue weighted by atomic mass is 9.66. The molecule has 0 radical (unpaired) electrons. The first-order valence-electron chi connectivity index (χ1n) is 13.2.